The molecule has 1 aromatic carbocycles. The summed E-state index contributed by atoms with van der Waals surface area (Å²) >= 11 is 0. The summed E-state index contributed by atoms with van der Waals surface area (Å²) in [7, 11) is 1.98. The van der Waals surface area contributed by atoms with E-state index in [4.69, 9.17) is 0 Å². The second-order valence-electron chi connectivity index (χ2n) is 3.93. The van der Waals surface area contributed by atoms with Gasteiger partial charge in [-0.1, -0.05) is 18.2 Å². The van der Waals surface area contributed by atoms with Crippen LogP contribution >= 0.6 is 0 Å². The molecule has 0 radical (unpaired) electrons. The maximum Gasteiger partial charge on any atom is 0.0369 e. The standard InChI is InChI=1S/C14H22N2/c1-5-11-16(6-2)14-9-7-13(8-10-14)12(3)15-4/h5,7-10,12,15H,1,6,11H2,2-4H3. The predicted octanol–water partition coefficient (Wildman–Crippen LogP) is 2.98. The Bertz CT molecular complexity index is 316. The van der Waals surface area contributed by atoms with Gasteiger partial charge in [0.25, 0.3) is 0 Å². The van der Waals surface area contributed by atoms with E-state index in [9.17, 15) is 0 Å². The van der Waals surface area contributed by atoms with Crippen LogP contribution in [0, 0.1) is 0 Å². The highest BCUT2D eigenvalue weighted by atomic mass is 15.1. The van der Waals surface area contributed by atoms with Crippen LogP contribution in [0.25, 0.3) is 0 Å². The first kappa shape index (κ1) is 12.8. The third kappa shape index (κ3) is 3.11. The van der Waals surface area contributed by atoms with E-state index in [-0.39, 0.29) is 0 Å². The maximum atomic E-state index is 3.78. The van der Waals surface area contributed by atoms with Crippen LogP contribution in [0.2, 0.25) is 0 Å². The first-order chi connectivity index (χ1) is 7.72. The lowest BCUT2D eigenvalue weighted by Gasteiger charge is -2.22. The zero-order chi connectivity index (χ0) is 12.0. The molecule has 0 aromatic heterocycles. The van der Waals surface area contributed by atoms with Gasteiger partial charge in [-0.3, -0.25) is 0 Å². The second-order valence-corrected chi connectivity index (χ2v) is 3.93. The number of nitrogens with zero attached hydrogens (tertiary/aromatic N) is 1. The molecule has 2 heteroatoms. The molecule has 0 saturated carbocycles. The minimum Gasteiger partial charge on any atom is -0.368 e. The van der Waals surface area contributed by atoms with E-state index in [1.807, 2.05) is 13.1 Å². The van der Waals surface area contributed by atoms with Gasteiger partial charge in [0.05, 0.1) is 0 Å². The molecule has 1 atom stereocenters. The third-order valence-electron chi connectivity index (χ3n) is 2.92. The van der Waals surface area contributed by atoms with Crippen molar-refractivity contribution in [3.63, 3.8) is 0 Å². The smallest absolute Gasteiger partial charge is 0.0369 e. The van der Waals surface area contributed by atoms with Crippen LogP contribution in [0.4, 0.5) is 5.69 Å². The molecule has 1 unspecified atom stereocenters. The zero-order valence-corrected chi connectivity index (χ0v) is 10.5. The van der Waals surface area contributed by atoms with Crippen LogP contribution in [0.5, 0.6) is 0 Å². The zero-order valence-electron chi connectivity index (χ0n) is 10.5. The molecule has 0 aliphatic rings. The number of anilines is 1. The quantitative estimate of drug-likeness (QED) is 0.738. The Balaban J connectivity index is 2.80. The number of hydrogen-bond donors (Lipinski definition) is 1. The molecule has 1 N–H and O–H groups in total. The van der Waals surface area contributed by atoms with Crippen molar-refractivity contribution in [2.75, 3.05) is 25.0 Å². The van der Waals surface area contributed by atoms with Crippen molar-refractivity contribution in [1.82, 2.24) is 5.32 Å². The number of likely N-dealkylation sites (N-methyl/N-ethyl adjacent to an activating group) is 1. The Hall–Kier alpha value is -1.28. The van der Waals surface area contributed by atoms with Crippen molar-refractivity contribution >= 4 is 5.69 Å². The van der Waals surface area contributed by atoms with E-state index in [0.29, 0.717) is 6.04 Å². The van der Waals surface area contributed by atoms with E-state index in [0.717, 1.165) is 13.1 Å². The monoisotopic (exact) mass is 218 g/mol. The Labute approximate surface area is 99.0 Å². The summed E-state index contributed by atoms with van der Waals surface area (Å²) in [6, 6.07) is 9.13. The number of benzene rings is 1. The highest BCUT2D eigenvalue weighted by Crippen LogP contribution is 2.18. The minimum atomic E-state index is 0.406. The van der Waals surface area contributed by atoms with Crippen LogP contribution in [-0.4, -0.2) is 20.1 Å². The van der Waals surface area contributed by atoms with Gasteiger partial charge >= 0.3 is 0 Å². The fourth-order valence-electron chi connectivity index (χ4n) is 1.71. The van der Waals surface area contributed by atoms with Gasteiger partial charge in [-0.15, -0.1) is 6.58 Å². The largest absolute Gasteiger partial charge is 0.368 e. The van der Waals surface area contributed by atoms with Gasteiger partial charge in [0.15, 0.2) is 0 Å². The first-order valence-corrected chi connectivity index (χ1v) is 5.86. The molecular formula is C14H22N2. The summed E-state index contributed by atoms with van der Waals surface area (Å²) in [6.07, 6.45) is 1.94. The molecule has 0 fully saturated rings. The molecule has 0 heterocycles. The van der Waals surface area contributed by atoms with E-state index in [2.05, 4.69) is 54.9 Å². The Morgan fingerprint density at radius 2 is 2.00 bits per heavy atom. The van der Waals surface area contributed by atoms with Crippen LogP contribution in [0.15, 0.2) is 36.9 Å². The molecule has 0 aliphatic heterocycles. The van der Waals surface area contributed by atoms with Gasteiger partial charge in [-0.2, -0.15) is 0 Å². The lowest BCUT2D eigenvalue weighted by atomic mass is 10.1. The maximum absolute atomic E-state index is 3.78. The molecule has 0 aliphatic carbocycles. The number of nitrogens with one attached hydrogen (secondary N) is 1. The third-order valence-corrected chi connectivity index (χ3v) is 2.92. The minimum absolute atomic E-state index is 0.406. The van der Waals surface area contributed by atoms with E-state index < -0.39 is 0 Å². The summed E-state index contributed by atoms with van der Waals surface area (Å²) in [6.45, 7) is 10.0. The summed E-state index contributed by atoms with van der Waals surface area (Å²) in [5.74, 6) is 0. The van der Waals surface area contributed by atoms with Gasteiger partial charge in [-0.25, -0.2) is 0 Å². The Morgan fingerprint density at radius 3 is 2.44 bits per heavy atom. The summed E-state index contributed by atoms with van der Waals surface area (Å²) in [5, 5.41) is 3.24. The highest BCUT2D eigenvalue weighted by molar-refractivity contribution is 5.48. The Morgan fingerprint density at radius 1 is 1.38 bits per heavy atom. The molecule has 1 aromatic rings. The molecule has 0 amide bonds. The SMILES string of the molecule is C=CCN(CC)c1ccc(C(C)NC)cc1. The van der Waals surface area contributed by atoms with Crippen LogP contribution in [0.3, 0.4) is 0 Å². The van der Waals surface area contributed by atoms with Crippen LogP contribution in [0.1, 0.15) is 25.5 Å². The normalized spacial score (nSPS) is 12.2. The lowest BCUT2D eigenvalue weighted by Crippen LogP contribution is -2.22. The number of hydrogen-bond acceptors (Lipinski definition) is 2. The van der Waals surface area contributed by atoms with E-state index in [1.165, 1.54) is 11.3 Å². The first-order valence-electron chi connectivity index (χ1n) is 5.86. The van der Waals surface area contributed by atoms with Gasteiger partial charge in [-0.05, 0) is 38.6 Å². The van der Waals surface area contributed by atoms with Crippen molar-refractivity contribution in [3.8, 4) is 0 Å². The summed E-state index contributed by atoms with van der Waals surface area (Å²) in [5.41, 5.74) is 2.58. The summed E-state index contributed by atoms with van der Waals surface area (Å²) < 4.78 is 0. The van der Waals surface area contributed by atoms with E-state index >= 15 is 0 Å². The van der Waals surface area contributed by atoms with Crippen molar-refractivity contribution in [1.29, 1.82) is 0 Å². The van der Waals surface area contributed by atoms with E-state index in [1.54, 1.807) is 0 Å². The van der Waals surface area contributed by atoms with Crippen LogP contribution < -0.4 is 10.2 Å². The van der Waals surface area contributed by atoms with Gasteiger partial charge < -0.3 is 10.2 Å². The van der Waals surface area contributed by atoms with Crippen molar-refractivity contribution in [2.45, 2.75) is 19.9 Å². The topological polar surface area (TPSA) is 15.3 Å². The van der Waals surface area contributed by atoms with Crippen molar-refractivity contribution < 1.29 is 0 Å². The molecule has 0 spiro atoms. The number of rotatable bonds is 6. The van der Waals surface area contributed by atoms with Gasteiger partial charge in [0.1, 0.15) is 0 Å². The fourth-order valence-corrected chi connectivity index (χ4v) is 1.71. The summed E-state index contributed by atoms with van der Waals surface area (Å²) in [4.78, 5) is 2.29. The van der Waals surface area contributed by atoms with Crippen molar-refractivity contribution in [2.24, 2.45) is 0 Å². The Kier molecular flexibility index (Phi) is 5.06. The molecule has 88 valence electrons. The second kappa shape index (κ2) is 6.33. The lowest BCUT2D eigenvalue weighted by molar-refractivity contribution is 0.652. The fraction of sp³-hybridized carbons (Fsp3) is 0.429. The molecule has 2 nitrogen and oxygen atoms in total. The molecule has 1 rings (SSSR count). The van der Waals surface area contributed by atoms with Crippen molar-refractivity contribution in [3.05, 3.63) is 42.5 Å². The van der Waals surface area contributed by atoms with Gasteiger partial charge in [0.2, 0.25) is 0 Å². The molecular weight excluding hydrogens is 196 g/mol. The van der Waals surface area contributed by atoms with Gasteiger partial charge in [0, 0.05) is 24.8 Å². The predicted molar refractivity (Wildman–Crippen MR) is 72.0 cm³/mol. The average Bonchev–Trinajstić information content (AvgIpc) is 2.35. The molecule has 0 saturated heterocycles. The molecule has 16 heavy (non-hydrogen) atoms. The average molecular weight is 218 g/mol. The van der Waals surface area contributed by atoms with Crippen LogP contribution in [-0.2, 0) is 0 Å². The highest BCUT2D eigenvalue weighted by Gasteiger charge is 2.04. The molecule has 0 bridgehead atoms.